The molecular weight excluding hydrogens is 180 g/mol. The summed E-state index contributed by atoms with van der Waals surface area (Å²) in [5, 5.41) is 6.23. The zero-order valence-electron chi connectivity index (χ0n) is 8.05. The summed E-state index contributed by atoms with van der Waals surface area (Å²) < 4.78 is 0. The van der Waals surface area contributed by atoms with Gasteiger partial charge in [0.05, 0.1) is 12.6 Å². The molecule has 1 amide bonds. The van der Waals surface area contributed by atoms with Crippen molar-refractivity contribution in [3.05, 3.63) is 0 Å². The molecule has 4 unspecified atom stereocenters. The zero-order chi connectivity index (χ0) is 9.54. The van der Waals surface area contributed by atoms with Crippen molar-refractivity contribution in [2.45, 2.75) is 24.9 Å². The second kappa shape index (κ2) is 3.18. The molecule has 2 heterocycles. The van der Waals surface area contributed by atoms with Gasteiger partial charge in [-0.15, -0.1) is 0 Å². The highest BCUT2D eigenvalue weighted by Crippen LogP contribution is 2.32. The lowest BCUT2D eigenvalue weighted by atomic mass is 9.74. The van der Waals surface area contributed by atoms with Crippen molar-refractivity contribution < 1.29 is 4.79 Å². The van der Waals surface area contributed by atoms with Crippen LogP contribution in [0.1, 0.15) is 12.8 Å². The first-order valence-corrected chi connectivity index (χ1v) is 5.34. The molecule has 78 valence electrons. The van der Waals surface area contributed by atoms with E-state index < -0.39 is 0 Å². The molecule has 0 aromatic heterocycles. The van der Waals surface area contributed by atoms with Crippen molar-refractivity contribution >= 4 is 5.91 Å². The second-order valence-electron chi connectivity index (χ2n) is 4.50. The minimum atomic E-state index is 0.187. The van der Waals surface area contributed by atoms with Gasteiger partial charge >= 0.3 is 0 Å². The van der Waals surface area contributed by atoms with Crippen LogP contribution in [0.4, 0.5) is 0 Å². The molecule has 14 heavy (non-hydrogen) atoms. The minimum absolute atomic E-state index is 0.187. The highest BCUT2D eigenvalue weighted by molar-refractivity contribution is 5.80. The van der Waals surface area contributed by atoms with E-state index in [0.717, 1.165) is 19.4 Å². The van der Waals surface area contributed by atoms with Crippen molar-refractivity contribution in [2.75, 3.05) is 13.2 Å². The maximum absolute atomic E-state index is 11.6. The van der Waals surface area contributed by atoms with Crippen molar-refractivity contribution in [3.63, 3.8) is 0 Å². The number of fused-ring (bicyclic) bond motifs is 2. The van der Waals surface area contributed by atoms with Crippen LogP contribution in [0.3, 0.4) is 0 Å². The summed E-state index contributed by atoms with van der Waals surface area (Å²) in [5.41, 5.74) is 6.46. The number of hydrogen-bond acceptors (Lipinski definition) is 4. The van der Waals surface area contributed by atoms with Crippen LogP contribution in [0.25, 0.3) is 0 Å². The van der Waals surface area contributed by atoms with Gasteiger partial charge in [-0.1, -0.05) is 0 Å². The molecule has 2 aliphatic heterocycles. The summed E-state index contributed by atoms with van der Waals surface area (Å²) in [6.07, 6.45) is 2.07. The van der Waals surface area contributed by atoms with Gasteiger partial charge in [0.15, 0.2) is 0 Å². The molecule has 0 radical (unpaired) electrons. The molecule has 0 spiro atoms. The third kappa shape index (κ3) is 1.24. The summed E-state index contributed by atoms with van der Waals surface area (Å²) in [5.74, 6) is 1.05. The third-order valence-corrected chi connectivity index (χ3v) is 3.73. The molecule has 0 aromatic carbocycles. The Kier molecular flexibility index (Phi) is 1.97. The van der Waals surface area contributed by atoms with Gasteiger partial charge in [0.25, 0.3) is 0 Å². The average Bonchev–Trinajstić information content (AvgIpc) is 2.62. The van der Waals surface area contributed by atoms with E-state index in [0.29, 0.717) is 24.7 Å². The molecule has 5 nitrogen and oxygen atoms in total. The van der Waals surface area contributed by atoms with E-state index >= 15 is 0 Å². The van der Waals surface area contributed by atoms with E-state index in [4.69, 9.17) is 0 Å². The largest absolute Gasteiger partial charge is 0.343 e. The van der Waals surface area contributed by atoms with Crippen LogP contribution in [-0.2, 0) is 4.79 Å². The lowest BCUT2D eigenvalue weighted by Crippen LogP contribution is -2.59. The molecular formula is C9H16N4O. The molecule has 2 saturated heterocycles. The normalized spacial score (nSPS) is 46.7. The molecule has 3 rings (SSSR count). The Bertz CT molecular complexity index is 257. The van der Waals surface area contributed by atoms with Crippen LogP contribution >= 0.6 is 0 Å². The molecule has 5 heteroatoms. The number of rotatable bonds is 0. The Morgan fingerprint density at radius 2 is 2.14 bits per heavy atom. The quantitative estimate of drug-likeness (QED) is 0.382. The van der Waals surface area contributed by atoms with E-state index in [-0.39, 0.29) is 11.8 Å². The standard InChI is InChI=1S/C9H16N4O/c14-9-6-1-5-3-12-13-7(5)2-8(6)10-4-11-9/h5-8,10,12-13H,1-4H2,(H,11,14). The van der Waals surface area contributed by atoms with Gasteiger partial charge in [0.2, 0.25) is 5.91 Å². The third-order valence-electron chi connectivity index (χ3n) is 3.73. The predicted octanol–water partition coefficient (Wildman–Crippen LogP) is -1.47. The fourth-order valence-corrected chi connectivity index (χ4v) is 2.92. The first kappa shape index (κ1) is 8.64. The van der Waals surface area contributed by atoms with Crippen LogP contribution < -0.4 is 21.5 Å². The SMILES string of the molecule is O=C1NCNC2CC3NNCC3CC12. The molecule has 0 aromatic rings. The van der Waals surface area contributed by atoms with Crippen LogP contribution in [0.5, 0.6) is 0 Å². The Balaban J connectivity index is 1.77. The van der Waals surface area contributed by atoms with Gasteiger partial charge in [-0.2, -0.15) is 0 Å². The van der Waals surface area contributed by atoms with Crippen molar-refractivity contribution in [3.8, 4) is 0 Å². The van der Waals surface area contributed by atoms with Crippen LogP contribution in [0.15, 0.2) is 0 Å². The summed E-state index contributed by atoms with van der Waals surface area (Å²) in [6.45, 7) is 1.63. The summed E-state index contributed by atoms with van der Waals surface area (Å²) >= 11 is 0. The first-order chi connectivity index (χ1) is 6.84. The number of carbonyl (C=O) groups is 1. The monoisotopic (exact) mass is 196 g/mol. The summed E-state index contributed by atoms with van der Waals surface area (Å²) in [6, 6.07) is 0.923. The van der Waals surface area contributed by atoms with Crippen LogP contribution in [0.2, 0.25) is 0 Å². The molecule has 3 fully saturated rings. The lowest BCUT2D eigenvalue weighted by Gasteiger charge is -2.40. The number of hydrazine groups is 1. The van der Waals surface area contributed by atoms with E-state index in [2.05, 4.69) is 21.5 Å². The number of amides is 1. The molecule has 4 N–H and O–H groups in total. The Morgan fingerprint density at radius 3 is 3.07 bits per heavy atom. The molecule has 0 bridgehead atoms. The van der Waals surface area contributed by atoms with E-state index in [1.165, 1.54) is 0 Å². The maximum atomic E-state index is 11.6. The van der Waals surface area contributed by atoms with Gasteiger partial charge in [-0.25, -0.2) is 0 Å². The van der Waals surface area contributed by atoms with Crippen molar-refractivity contribution in [1.29, 1.82) is 0 Å². The smallest absolute Gasteiger partial charge is 0.225 e. The molecule has 3 aliphatic rings. The topological polar surface area (TPSA) is 65.2 Å². The Hall–Kier alpha value is -0.650. The Morgan fingerprint density at radius 1 is 1.21 bits per heavy atom. The molecule has 4 atom stereocenters. The van der Waals surface area contributed by atoms with E-state index in [9.17, 15) is 4.79 Å². The lowest BCUT2D eigenvalue weighted by molar-refractivity contribution is -0.129. The number of carbonyl (C=O) groups excluding carboxylic acids is 1. The summed E-state index contributed by atoms with van der Waals surface area (Å²) in [7, 11) is 0. The summed E-state index contributed by atoms with van der Waals surface area (Å²) in [4.78, 5) is 11.6. The van der Waals surface area contributed by atoms with Gasteiger partial charge in [0.1, 0.15) is 0 Å². The first-order valence-electron chi connectivity index (χ1n) is 5.34. The predicted molar refractivity (Wildman–Crippen MR) is 51.1 cm³/mol. The number of nitrogens with one attached hydrogen (secondary N) is 4. The van der Waals surface area contributed by atoms with Crippen molar-refractivity contribution in [2.24, 2.45) is 11.8 Å². The Labute approximate surface area is 83.0 Å². The average molecular weight is 196 g/mol. The van der Waals surface area contributed by atoms with Gasteiger partial charge in [-0.3, -0.25) is 21.0 Å². The second-order valence-corrected chi connectivity index (χ2v) is 4.50. The van der Waals surface area contributed by atoms with Gasteiger partial charge in [-0.05, 0) is 18.8 Å². The fourth-order valence-electron chi connectivity index (χ4n) is 2.92. The highest BCUT2D eigenvalue weighted by atomic mass is 16.2. The van der Waals surface area contributed by atoms with E-state index in [1.54, 1.807) is 0 Å². The maximum Gasteiger partial charge on any atom is 0.225 e. The molecule has 1 aliphatic carbocycles. The molecule has 1 saturated carbocycles. The fraction of sp³-hybridized carbons (Fsp3) is 0.889. The van der Waals surface area contributed by atoms with Crippen LogP contribution in [-0.4, -0.2) is 31.2 Å². The highest BCUT2D eigenvalue weighted by Gasteiger charge is 2.43. The van der Waals surface area contributed by atoms with Crippen LogP contribution in [0, 0.1) is 11.8 Å². The van der Waals surface area contributed by atoms with Crippen molar-refractivity contribution in [1.82, 2.24) is 21.5 Å². The zero-order valence-corrected chi connectivity index (χ0v) is 8.05. The van der Waals surface area contributed by atoms with Gasteiger partial charge in [0, 0.05) is 18.6 Å². The van der Waals surface area contributed by atoms with Gasteiger partial charge < -0.3 is 5.32 Å². The minimum Gasteiger partial charge on any atom is -0.343 e. The van der Waals surface area contributed by atoms with E-state index in [1.807, 2.05) is 0 Å². The number of hydrogen-bond donors (Lipinski definition) is 4.